The molecule has 1 N–H and O–H groups in total. The van der Waals surface area contributed by atoms with Crippen LogP contribution in [0.2, 0.25) is 5.02 Å². The Morgan fingerprint density at radius 2 is 2.02 bits per heavy atom. The highest BCUT2D eigenvalue weighted by molar-refractivity contribution is 6.32. The smallest absolute Gasteiger partial charge is 0.159 e. The van der Waals surface area contributed by atoms with Crippen molar-refractivity contribution in [1.82, 2.24) is 14.9 Å². The number of likely N-dealkylation sites (N-methyl/N-ethyl adjacent to an activating group) is 1. The van der Waals surface area contributed by atoms with Crippen molar-refractivity contribution in [3.05, 3.63) is 94.9 Å². The van der Waals surface area contributed by atoms with Gasteiger partial charge in [-0.25, -0.2) is 0 Å². The van der Waals surface area contributed by atoms with Gasteiger partial charge in [0.15, 0.2) is 5.78 Å². The molecule has 0 amide bonds. The van der Waals surface area contributed by atoms with Crippen LogP contribution in [0, 0.1) is 11.3 Å². The van der Waals surface area contributed by atoms with E-state index in [1.807, 2.05) is 44.1 Å². The summed E-state index contributed by atoms with van der Waals surface area (Å²) in [7, 11) is 3.74. The number of nitrogens with zero attached hydrogens (tertiary/aromatic N) is 4. The van der Waals surface area contributed by atoms with Crippen LogP contribution in [-0.4, -0.2) is 47.9 Å². The molecule has 204 valence electrons. The van der Waals surface area contributed by atoms with Crippen molar-refractivity contribution in [1.29, 1.82) is 5.26 Å². The monoisotopic (exact) mass is 556 g/mol. The molecule has 4 aromatic rings. The van der Waals surface area contributed by atoms with E-state index in [2.05, 4.69) is 21.4 Å². The highest BCUT2D eigenvalue weighted by Gasteiger charge is 2.16. The molecule has 2 aromatic heterocycles. The molecular weight excluding hydrogens is 526 g/mol. The molecule has 0 radical (unpaired) electrons. The number of ether oxygens (including phenoxy) is 2. The van der Waals surface area contributed by atoms with Gasteiger partial charge in [-0.05, 0) is 63.5 Å². The van der Waals surface area contributed by atoms with Crippen molar-refractivity contribution >= 4 is 39.7 Å². The van der Waals surface area contributed by atoms with Crippen LogP contribution in [0.25, 0.3) is 10.9 Å². The zero-order valence-electron chi connectivity index (χ0n) is 23.6. The maximum Gasteiger partial charge on any atom is 0.159 e. The molecule has 0 spiro atoms. The second-order valence-corrected chi connectivity index (χ2v) is 9.57. The number of carbonyl (C=O) groups excluding carboxylic acids is 1. The number of rotatable bonds is 12. The van der Waals surface area contributed by atoms with Gasteiger partial charge >= 0.3 is 0 Å². The Balaban J connectivity index is 1.66. The van der Waals surface area contributed by atoms with E-state index in [0.717, 1.165) is 5.69 Å². The average molecular weight is 557 g/mol. The lowest BCUT2D eigenvalue weighted by Crippen LogP contribution is -2.11. The predicted octanol–water partition coefficient (Wildman–Crippen LogP) is 6.11. The van der Waals surface area contributed by atoms with Gasteiger partial charge in [0.2, 0.25) is 0 Å². The summed E-state index contributed by atoms with van der Waals surface area (Å²) in [4.78, 5) is 23.5. The van der Waals surface area contributed by atoms with Gasteiger partial charge in [-0.15, -0.1) is 0 Å². The van der Waals surface area contributed by atoms with Gasteiger partial charge in [0, 0.05) is 48.1 Å². The summed E-state index contributed by atoms with van der Waals surface area (Å²) in [6, 6.07) is 16.5. The Bertz CT molecular complexity index is 1620. The van der Waals surface area contributed by atoms with E-state index in [9.17, 15) is 10.1 Å². The quantitative estimate of drug-likeness (QED) is 0.209. The van der Waals surface area contributed by atoms with Crippen LogP contribution in [0.1, 0.15) is 25.1 Å². The van der Waals surface area contributed by atoms with Gasteiger partial charge in [0.05, 0.1) is 35.5 Å². The number of ketones is 1. The largest absolute Gasteiger partial charge is 0.494 e. The molecule has 0 bridgehead atoms. The highest BCUT2D eigenvalue weighted by Crippen LogP contribution is 2.36. The normalized spacial score (nSPS) is 11.7. The van der Waals surface area contributed by atoms with Crippen molar-refractivity contribution in [3.8, 4) is 17.6 Å². The van der Waals surface area contributed by atoms with Gasteiger partial charge in [-0.3, -0.25) is 14.8 Å². The molecule has 4 rings (SSSR count). The van der Waals surface area contributed by atoms with Crippen LogP contribution in [0.5, 0.6) is 11.5 Å². The summed E-state index contributed by atoms with van der Waals surface area (Å²) in [5, 5.41) is 14.2. The Kier molecular flexibility index (Phi) is 9.20. The Hall–Kier alpha value is -4.45. The first-order valence-electron chi connectivity index (χ1n) is 13.2. The maximum atomic E-state index is 12.9. The molecule has 0 saturated heterocycles. The van der Waals surface area contributed by atoms with Crippen LogP contribution in [0.3, 0.4) is 0 Å². The number of pyridine rings is 2. The average Bonchev–Trinajstić information content (AvgIpc) is 2.96. The number of nitriles is 1. The van der Waals surface area contributed by atoms with Crippen molar-refractivity contribution in [2.45, 2.75) is 20.0 Å². The van der Waals surface area contributed by atoms with Crippen molar-refractivity contribution in [3.63, 3.8) is 0 Å². The van der Waals surface area contributed by atoms with E-state index >= 15 is 0 Å². The lowest BCUT2D eigenvalue weighted by atomic mass is 10.0. The SMILES string of the molecule is [2H]/C(=C\CN(C)C)C(=O)Cc1cc2c(Nc3ccc(OCc4ccccn4)c(Cl)c3)c(C#N)cnc2cc1OCC. The molecule has 2 aromatic carbocycles. The second-order valence-electron chi connectivity index (χ2n) is 9.16. The summed E-state index contributed by atoms with van der Waals surface area (Å²) in [5.74, 6) is 0.673. The minimum atomic E-state index is -0.334. The fourth-order valence-electron chi connectivity index (χ4n) is 3.95. The van der Waals surface area contributed by atoms with Crippen molar-refractivity contribution < 1.29 is 15.6 Å². The molecular formula is C31H30ClN5O3. The maximum absolute atomic E-state index is 12.9. The number of aromatic nitrogens is 2. The van der Waals surface area contributed by atoms with E-state index in [1.165, 1.54) is 6.20 Å². The van der Waals surface area contributed by atoms with Crippen molar-refractivity contribution in [2.24, 2.45) is 0 Å². The molecule has 8 nitrogen and oxygen atoms in total. The molecule has 40 heavy (non-hydrogen) atoms. The Morgan fingerprint density at radius 3 is 2.73 bits per heavy atom. The zero-order chi connectivity index (χ0) is 29.4. The minimum Gasteiger partial charge on any atom is -0.494 e. The molecule has 0 unspecified atom stereocenters. The summed E-state index contributed by atoms with van der Waals surface area (Å²) >= 11 is 6.52. The Morgan fingerprint density at radius 1 is 1.18 bits per heavy atom. The van der Waals surface area contributed by atoms with Gasteiger partial charge in [0.25, 0.3) is 0 Å². The number of fused-ring (bicyclic) bond motifs is 1. The third-order valence-corrected chi connectivity index (χ3v) is 6.14. The first-order valence-corrected chi connectivity index (χ1v) is 13.1. The molecule has 0 saturated carbocycles. The number of hydrogen-bond donors (Lipinski definition) is 1. The van der Waals surface area contributed by atoms with E-state index in [4.69, 9.17) is 22.4 Å². The van der Waals surface area contributed by atoms with E-state index in [1.54, 1.807) is 42.6 Å². The topological polar surface area (TPSA) is 100 Å². The van der Waals surface area contributed by atoms with E-state index < -0.39 is 0 Å². The van der Waals surface area contributed by atoms with Crippen LogP contribution >= 0.6 is 11.6 Å². The van der Waals surface area contributed by atoms with Gasteiger partial charge in [-0.2, -0.15) is 5.26 Å². The second kappa shape index (κ2) is 13.6. The fraction of sp³-hybridized carbons (Fsp3) is 0.226. The fourth-order valence-corrected chi connectivity index (χ4v) is 4.19. The molecule has 0 aliphatic heterocycles. The zero-order valence-corrected chi connectivity index (χ0v) is 23.3. The predicted molar refractivity (Wildman–Crippen MR) is 157 cm³/mol. The summed E-state index contributed by atoms with van der Waals surface area (Å²) < 4.78 is 19.8. The number of carbonyl (C=O) groups is 1. The first kappa shape index (κ1) is 27.1. The first-order chi connectivity index (χ1) is 19.8. The summed E-state index contributed by atoms with van der Waals surface area (Å²) in [5.41, 5.74) is 3.43. The minimum absolute atomic E-state index is 0.0294. The number of allylic oxidation sites excluding steroid dienone is 1. The Labute approximate surface area is 240 Å². The molecule has 0 aliphatic carbocycles. The highest BCUT2D eigenvalue weighted by atomic mass is 35.5. The third-order valence-electron chi connectivity index (χ3n) is 5.84. The molecule has 0 atom stereocenters. The lowest BCUT2D eigenvalue weighted by Gasteiger charge is -2.16. The van der Waals surface area contributed by atoms with Gasteiger partial charge in [-0.1, -0.05) is 23.7 Å². The number of halogens is 1. The number of benzene rings is 2. The van der Waals surface area contributed by atoms with Crippen LogP contribution in [0.15, 0.2) is 73.1 Å². The molecule has 0 aliphatic rings. The summed E-state index contributed by atoms with van der Waals surface area (Å²) in [6.45, 7) is 3.01. The van der Waals surface area contributed by atoms with E-state index in [0.29, 0.717) is 63.1 Å². The molecule has 2 heterocycles. The van der Waals surface area contributed by atoms with Gasteiger partial charge in [0.1, 0.15) is 24.2 Å². The van der Waals surface area contributed by atoms with Crippen molar-refractivity contribution in [2.75, 3.05) is 32.6 Å². The van der Waals surface area contributed by atoms with Crippen LogP contribution in [0.4, 0.5) is 11.4 Å². The molecule has 0 fully saturated rings. The standard InChI is InChI=1S/C31H30ClN5O3/c1-4-39-30-17-28-26(15-21(30)14-25(38)9-7-13-37(2)3)31(22(18-33)19-35-28)36-23-10-11-29(27(32)16-23)40-20-24-8-5-6-12-34-24/h5-12,15-17,19H,4,13-14,20H2,1-3H3,(H,35,36)/b9-7+/i9D. The number of nitrogens with one attached hydrogen (secondary N) is 1. The third kappa shape index (κ3) is 7.35. The van der Waals surface area contributed by atoms with Crippen LogP contribution in [-0.2, 0) is 17.8 Å². The van der Waals surface area contributed by atoms with Crippen LogP contribution < -0.4 is 14.8 Å². The summed E-state index contributed by atoms with van der Waals surface area (Å²) in [6.07, 6.45) is 4.74. The van der Waals surface area contributed by atoms with E-state index in [-0.39, 0.29) is 24.9 Å². The molecule has 9 heteroatoms. The number of hydrogen-bond acceptors (Lipinski definition) is 8. The number of anilines is 2. The van der Waals surface area contributed by atoms with Gasteiger partial charge < -0.3 is 19.7 Å². The lowest BCUT2D eigenvalue weighted by molar-refractivity contribution is -0.114.